The van der Waals surface area contributed by atoms with E-state index in [-0.39, 0.29) is 13.2 Å². The molecule has 0 aromatic carbocycles. The van der Waals surface area contributed by atoms with E-state index >= 15 is 0 Å². The van der Waals surface area contributed by atoms with Crippen LogP contribution in [0.2, 0.25) is 0 Å². The topological polar surface area (TPSA) is 95.7 Å². The molecule has 0 spiro atoms. The fraction of sp³-hybridized carbons (Fsp3) is 0.818. The zero-order chi connectivity index (χ0) is 13.8. The standard InChI is InChI=1S/C11H17NO6/c1-3-17-9(13)8(10(14)18-4-2)11(5-6-11)7-12(15)16/h8H,3-7H2,1-2H3. The molecule has 0 saturated heterocycles. The monoisotopic (exact) mass is 259 g/mol. The lowest BCUT2D eigenvalue weighted by atomic mass is 9.89. The van der Waals surface area contributed by atoms with Crippen molar-refractivity contribution in [3.63, 3.8) is 0 Å². The summed E-state index contributed by atoms with van der Waals surface area (Å²) in [6.07, 6.45) is 0.937. The first-order valence-corrected chi connectivity index (χ1v) is 5.92. The average molecular weight is 259 g/mol. The Morgan fingerprint density at radius 1 is 1.22 bits per heavy atom. The van der Waals surface area contributed by atoms with Gasteiger partial charge in [0.15, 0.2) is 5.92 Å². The first-order valence-electron chi connectivity index (χ1n) is 5.92. The van der Waals surface area contributed by atoms with Crippen LogP contribution in [0.3, 0.4) is 0 Å². The second-order valence-electron chi connectivity index (χ2n) is 4.29. The molecule has 1 aliphatic rings. The van der Waals surface area contributed by atoms with E-state index in [2.05, 4.69) is 0 Å². The molecule has 0 unspecified atom stereocenters. The number of ether oxygens (including phenoxy) is 2. The van der Waals surface area contributed by atoms with Gasteiger partial charge in [-0.3, -0.25) is 19.7 Å². The smallest absolute Gasteiger partial charge is 0.321 e. The summed E-state index contributed by atoms with van der Waals surface area (Å²) in [6, 6.07) is 0. The van der Waals surface area contributed by atoms with Gasteiger partial charge in [-0.25, -0.2) is 0 Å². The van der Waals surface area contributed by atoms with Crippen LogP contribution >= 0.6 is 0 Å². The summed E-state index contributed by atoms with van der Waals surface area (Å²) in [5.74, 6) is -2.63. The molecule has 1 saturated carbocycles. The van der Waals surface area contributed by atoms with Crippen molar-refractivity contribution in [2.45, 2.75) is 26.7 Å². The molecule has 0 amide bonds. The van der Waals surface area contributed by atoms with Gasteiger partial charge in [-0.2, -0.15) is 0 Å². The molecule has 0 aromatic rings. The summed E-state index contributed by atoms with van der Waals surface area (Å²) in [7, 11) is 0. The van der Waals surface area contributed by atoms with Crippen molar-refractivity contribution in [1.82, 2.24) is 0 Å². The first kappa shape index (κ1) is 14.4. The van der Waals surface area contributed by atoms with Crippen molar-refractivity contribution in [1.29, 1.82) is 0 Å². The number of hydrogen-bond acceptors (Lipinski definition) is 6. The third kappa shape index (κ3) is 3.18. The Labute approximate surface area is 105 Å². The lowest BCUT2D eigenvalue weighted by Gasteiger charge is -2.20. The third-order valence-electron chi connectivity index (χ3n) is 2.99. The zero-order valence-corrected chi connectivity index (χ0v) is 10.5. The molecule has 0 aromatic heterocycles. The summed E-state index contributed by atoms with van der Waals surface area (Å²) in [5.41, 5.74) is -0.915. The van der Waals surface area contributed by atoms with E-state index in [0.29, 0.717) is 12.8 Å². The fourth-order valence-electron chi connectivity index (χ4n) is 2.00. The molecule has 7 heteroatoms. The van der Waals surface area contributed by atoms with Crippen molar-refractivity contribution >= 4 is 11.9 Å². The van der Waals surface area contributed by atoms with Crippen LogP contribution in [0, 0.1) is 21.4 Å². The Hall–Kier alpha value is -1.66. The van der Waals surface area contributed by atoms with E-state index < -0.39 is 34.7 Å². The van der Waals surface area contributed by atoms with Crippen molar-refractivity contribution in [2.75, 3.05) is 19.8 Å². The Morgan fingerprint density at radius 3 is 1.94 bits per heavy atom. The van der Waals surface area contributed by atoms with Crippen LogP contribution in [-0.2, 0) is 19.1 Å². The summed E-state index contributed by atoms with van der Waals surface area (Å²) in [6.45, 7) is 3.09. The lowest BCUT2D eigenvalue weighted by molar-refractivity contribution is -0.492. The van der Waals surface area contributed by atoms with Crippen molar-refractivity contribution in [3.05, 3.63) is 10.1 Å². The minimum atomic E-state index is -1.18. The van der Waals surface area contributed by atoms with Gasteiger partial charge in [0.05, 0.1) is 18.6 Å². The highest BCUT2D eigenvalue weighted by atomic mass is 16.6. The number of rotatable bonds is 7. The quantitative estimate of drug-likeness (QED) is 0.290. The molecule has 18 heavy (non-hydrogen) atoms. The first-order chi connectivity index (χ1) is 8.46. The minimum Gasteiger partial charge on any atom is -0.465 e. The van der Waals surface area contributed by atoms with E-state index in [1.807, 2.05) is 0 Å². The van der Waals surface area contributed by atoms with E-state index in [4.69, 9.17) is 9.47 Å². The van der Waals surface area contributed by atoms with E-state index in [0.717, 1.165) is 0 Å². The van der Waals surface area contributed by atoms with Crippen LogP contribution in [0.15, 0.2) is 0 Å². The Morgan fingerprint density at radius 2 is 1.67 bits per heavy atom. The number of nitrogens with zero attached hydrogens (tertiary/aromatic N) is 1. The van der Waals surface area contributed by atoms with E-state index in [1.54, 1.807) is 13.8 Å². The van der Waals surface area contributed by atoms with Gasteiger partial charge in [0.2, 0.25) is 6.54 Å². The largest absolute Gasteiger partial charge is 0.465 e. The molecule has 0 heterocycles. The molecule has 1 aliphatic carbocycles. The molecular weight excluding hydrogens is 242 g/mol. The van der Waals surface area contributed by atoms with E-state index in [1.165, 1.54) is 0 Å². The molecular formula is C11H17NO6. The summed E-state index contributed by atoms with van der Waals surface area (Å²) in [4.78, 5) is 33.7. The van der Waals surface area contributed by atoms with Gasteiger partial charge in [-0.1, -0.05) is 0 Å². The molecule has 7 nitrogen and oxygen atoms in total. The molecule has 102 valence electrons. The van der Waals surface area contributed by atoms with Gasteiger partial charge in [0.25, 0.3) is 0 Å². The molecule has 1 rings (SSSR count). The molecule has 1 fully saturated rings. The SMILES string of the molecule is CCOC(=O)C(C(=O)OCC)C1(C[N+](=O)[O-])CC1. The lowest BCUT2D eigenvalue weighted by Crippen LogP contribution is -2.39. The van der Waals surface area contributed by atoms with Gasteiger partial charge in [0.1, 0.15) is 0 Å². The highest BCUT2D eigenvalue weighted by molar-refractivity contribution is 5.96. The Kier molecular flexibility index (Phi) is 4.63. The second kappa shape index (κ2) is 5.79. The maximum atomic E-state index is 11.8. The van der Waals surface area contributed by atoms with Crippen LogP contribution in [0.4, 0.5) is 0 Å². The summed E-state index contributed by atoms with van der Waals surface area (Å²) in [5, 5.41) is 10.6. The molecule has 0 atom stereocenters. The number of hydrogen-bond donors (Lipinski definition) is 0. The average Bonchev–Trinajstić information content (AvgIpc) is 2.98. The van der Waals surface area contributed by atoms with Crippen molar-refractivity contribution < 1.29 is 24.0 Å². The van der Waals surface area contributed by atoms with Crippen LogP contribution in [-0.4, -0.2) is 36.6 Å². The molecule has 0 N–H and O–H groups in total. The third-order valence-corrected chi connectivity index (χ3v) is 2.99. The van der Waals surface area contributed by atoms with Gasteiger partial charge in [-0.05, 0) is 26.7 Å². The summed E-state index contributed by atoms with van der Waals surface area (Å²) < 4.78 is 9.63. The van der Waals surface area contributed by atoms with E-state index in [9.17, 15) is 19.7 Å². The molecule has 0 bridgehead atoms. The maximum absolute atomic E-state index is 11.8. The normalized spacial score (nSPS) is 16.2. The Bertz CT molecular complexity index is 331. The Balaban J connectivity index is 2.86. The number of carbonyl (C=O) groups is 2. The van der Waals surface area contributed by atoms with Crippen LogP contribution in [0.5, 0.6) is 0 Å². The molecule has 0 aliphatic heterocycles. The number of nitro groups is 1. The minimum absolute atomic E-state index is 0.128. The predicted molar refractivity (Wildman–Crippen MR) is 60.3 cm³/mol. The van der Waals surface area contributed by atoms with Gasteiger partial charge in [0, 0.05) is 4.92 Å². The number of esters is 2. The van der Waals surface area contributed by atoms with Crippen LogP contribution < -0.4 is 0 Å². The van der Waals surface area contributed by atoms with Crippen LogP contribution in [0.25, 0.3) is 0 Å². The zero-order valence-electron chi connectivity index (χ0n) is 10.5. The predicted octanol–water partition coefficient (Wildman–Crippen LogP) is 0.786. The maximum Gasteiger partial charge on any atom is 0.321 e. The second-order valence-corrected chi connectivity index (χ2v) is 4.29. The summed E-state index contributed by atoms with van der Waals surface area (Å²) >= 11 is 0. The number of carbonyl (C=O) groups excluding carboxylic acids is 2. The highest BCUT2D eigenvalue weighted by Crippen LogP contribution is 2.53. The van der Waals surface area contributed by atoms with Crippen molar-refractivity contribution in [3.8, 4) is 0 Å². The van der Waals surface area contributed by atoms with Gasteiger partial charge in [-0.15, -0.1) is 0 Å². The highest BCUT2D eigenvalue weighted by Gasteiger charge is 2.60. The fourth-order valence-corrected chi connectivity index (χ4v) is 2.00. The van der Waals surface area contributed by atoms with Crippen LogP contribution in [0.1, 0.15) is 26.7 Å². The molecule has 0 radical (unpaired) electrons. The van der Waals surface area contributed by atoms with Gasteiger partial charge >= 0.3 is 11.9 Å². The van der Waals surface area contributed by atoms with Crippen molar-refractivity contribution in [2.24, 2.45) is 11.3 Å². The van der Waals surface area contributed by atoms with Gasteiger partial charge < -0.3 is 9.47 Å².